The van der Waals surface area contributed by atoms with Gasteiger partial charge >= 0.3 is 12.1 Å². The van der Waals surface area contributed by atoms with Crippen LogP contribution in [0.15, 0.2) is 66.7 Å². The normalized spacial score (nSPS) is 12.5. The number of aliphatic carboxylic acids is 1. The van der Waals surface area contributed by atoms with Crippen LogP contribution in [-0.2, 0) is 17.4 Å². The fraction of sp³-hybridized carbons (Fsp3) is 0.143. The van der Waals surface area contributed by atoms with Crippen LogP contribution in [-0.4, -0.2) is 23.0 Å². The van der Waals surface area contributed by atoms with Crippen LogP contribution in [0.25, 0.3) is 10.8 Å². The quantitative estimate of drug-likeness (QED) is 0.687. The predicted molar refractivity (Wildman–Crippen MR) is 98.0 cm³/mol. The molecule has 0 saturated heterocycles. The first-order valence-electron chi connectivity index (χ1n) is 8.42. The van der Waals surface area contributed by atoms with Gasteiger partial charge in [0.1, 0.15) is 6.04 Å². The maximum absolute atomic E-state index is 12.6. The van der Waals surface area contributed by atoms with Crippen molar-refractivity contribution in [3.63, 3.8) is 0 Å². The molecule has 0 saturated carbocycles. The number of nitrogens with one attached hydrogen (secondary N) is 1. The Hall–Kier alpha value is -3.35. The van der Waals surface area contributed by atoms with Crippen LogP contribution in [0.4, 0.5) is 13.2 Å². The predicted octanol–water partition coefficient (Wildman–Crippen LogP) is 4.28. The van der Waals surface area contributed by atoms with Gasteiger partial charge in [0.15, 0.2) is 0 Å². The number of hydrogen-bond donors (Lipinski definition) is 2. The third-order valence-electron chi connectivity index (χ3n) is 4.34. The number of hydrogen-bond acceptors (Lipinski definition) is 2. The Labute approximate surface area is 158 Å². The summed E-state index contributed by atoms with van der Waals surface area (Å²) in [6, 6.07) is 15.4. The Kier molecular flexibility index (Phi) is 5.35. The lowest BCUT2D eigenvalue weighted by atomic mass is 10.0. The van der Waals surface area contributed by atoms with Gasteiger partial charge in [0.2, 0.25) is 0 Å². The first kappa shape index (κ1) is 19.4. The maximum Gasteiger partial charge on any atom is 0.416 e. The van der Waals surface area contributed by atoms with Crippen LogP contribution in [0.5, 0.6) is 0 Å². The second kappa shape index (κ2) is 7.72. The zero-order valence-electron chi connectivity index (χ0n) is 14.5. The minimum atomic E-state index is -4.46. The number of alkyl halides is 3. The summed E-state index contributed by atoms with van der Waals surface area (Å²) < 4.78 is 37.9. The Morgan fingerprint density at radius 3 is 2.18 bits per heavy atom. The highest BCUT2D eigenvalue weighted by Crippen LogP contribution is 2.29. The van der Waals surface area contributed by atoms with Crippen molar-refractivity contribution in [2.45, 2.75) is 18.6 Å². The monoisotopic (exact) mass is 387 g/mol. The van der Waals surface area contributed by atoms with Gasteiger partial charge in [-0.25, -0.2) is 4.79 Å². The van der Waals surface area contributed by atoms with E-state index >= 15 is 0 Å². The van der Waals surface area contributed by atoms with Crippen LogP contribution in [0, 0.1) is 0 Å². The average molecular weight is 387 g/mol. The lowest BCUT2D eigenvalue weighted by Gasteiger charge is -2.15. The third kappa shape index (κ3) is 4.49. The van der Waals surface area contributed by atoms with E-state index in [1.165, 1.54) is 12.1 Å². The lowest BCUT2D eigenvalue weighted by molar-refractivity contribution is -0.139. The van der Waals surface area contributed by atoms with Crippen molar-refractivity contribution in [3.8, 4) is 0 Å². The Morgan fingerprint density at radius 1 is 0.929 bits per heavy atom. The number of carboxylic acid groups (broad SMARTS) is 1. The van der Waals surface area contributed by atoms with Gasteiger partial charge in [-0.1, -0.05) is 42.5 Å². The number of benzene rings is 3. The zero-order valence-corrected chi connectivity index (χ0v) is 14.5. The van der Waals surface area contributed by atoms with Crippen molar-refractivity contribution < 1.29 is 27.9 Å². The Morgan fingerprint density at radius 2 is 1.57 bits per heavy atom. The average Bonchev–Trinajstić information content (AvgIpc) is 2.66. The summed E-state index contributed by atoms with van der Waals surface area (Å²) in [5.41, 5.74) is -0.139. The molecule has 4 nitrogen and oxygen atoms in total. The smallest absolute Gasteiger partial charge is 0.416 e. The molecule has 3 aromatic rings. The standard InChI is InChI=1S/C21H16F3NO3/c22-21(23,24)17-9-5-13(6-10-17)11-18(20(27)28)25-19(26)16-8-7-14-3-1-2-4-15(14)12-16/h1-10,12,18H,11H2,(H,25,26)(H,27,28)/t18-/m0/s1. The fourth-order valence-electron chi connectivity index (χ4n) is 2.84. The maximum atomic E-state index is 12.6. The largest absolute Gasteiger partial charge is 0.480 e. The summed E-state index contributed by atoms with van der Waals surface area (Å²) >= 11 is 0. The van der Waals surface area contributed by atoms with Crippen molar-refractivity contribution in [1.82, 2.24) is 5.32 Å². The van der Waals surface area contributed by atoms with E-state index in [1.54, 1.807) is 18.2 Å². The van der Waals surface area contributed by atoms with E-state index in [0.717, 1.165) is 22.9 Å². The van der Waals surface area contributed by atoms with Crippen molar-refractivity contribution in [2.75, 3.05) is 0 Å². The molecule has 0 spiro atoms. The highest BCUT2D eigenvalue weighted by atomic mass is 19.4. The summed E-state index contributed by atoms with van der Waals surface area (Å²) in [5, 5.41) is 13.6. The number of carboxylic acids is 1. The minimum Gasteiger partial charge on any atom is -0.480 e. The van der Waals surface area contributed by atoms with Gasteiger partial charge in [0.25, 0.3) is 5.91 Å². The molecule has 0 bridgehead atoms. The van der Waals surface area contributed by atoms with Gasteiger partial charge in [-0.05, 0) is 40.6 Å². The molecule has 0 aliphatic heterocycles. The number of carbonyl (C=O) groups is 2. The van der Waals surface area contributed by atoms with E-state index in [4.69, 9.17) is 0 Å². The SMILES string of the molecule is O=C(N[C@@H](Cc1ccc(C(F)(F)F)cc1)C(=O)O)c1ccc2ccccc2c1. The number of halogens is 3. The van der Waals surface area contributed by atoms with E-state index in [-0.39, 0.29) is 6.42 Å². The lowest BCUT2D eigenvalue weighted by Crippen LogP contribution is -2.42. The Bertz CT molecular complexity index is 1010. The second-order valence-electron chi connectivity index (χ2n) is 6.33. The van der Waals surface area contributed by atoms with Gasteiger partial charge in [0.05, 0.1) is 5.56 Å². The van der Waals surface area contributed by atoms with Gasteiger partial charge < -0.3 is 10.4 Å². The van der Waals surface area contributed by atoms with Crippen LogP contribution in [0.3, 0.4) is 0 Å². The molecule has 28 heavy (non-hydrogen) atoms. The molecule has 2 N–H and O–H groups in total. The molecule has 0 unspecified atom stereocenters. The van der Waals surface area contributed by atoms with Gasteiger partial charge in [-0.2, -0.15) is 13.2 Å². The highest BCUT2D eigenvalue weighted by Gasteiger charge is 2.30. The van der Waals surface area contributed by atoms with Crippen molar-refractivity contribution >= 4 is 22.6 Å². The zero-order chi connectivity index (χ0) is 20.3. The van der Waals surface area contributed by atoms with Crippen molar-refractivity contribution in [1.29, 1.82) is 0 Å². The second-order valence-corrected chi connectivity index (χ2v) is 6.33. The molecule has 1 atom stereocenters. The van der Waals surface area contributed by atoms with E-state index in [0.29, 0.717) is 11.1 Å². The molecule has 0 fully saturated rings. The first-order chi connectivity index (χ1) is 13.2. The molecular weight excluding hydrogens is 371 g/mol. The molecule has 144 valence electrons. The van der Waals surface area contributed by atoms with Gasteiger partial charge in [-0.15, -0.1) is 0 Å². The molecule has 0 radical (unpaired) electrons. The number of fused-ring (bicyclic) bond motifs is 1. The first-order valence-corrected chi connectivity index (χ1v) is 8.42. The summed E-state index contributed by atoms with van der Waals surface area (Å²) in [4.78, 5) is 24.0. The summed E-state index contributed by atoms with van der Waals surface area (Å²) in [6.07, 6.45) is -4.60. The Balaban J connectivity index is 1.75. The van der Waals surface area contributed by atoms with Crippen molar-refractivity contribution in [2.24, 2.45) is 0 Å². The summed E-state index contributed by atoms with van der Waals surface area (Å²) in [5.74, 6) is -1.83. The molecule has 0 aromatic heterocycles. The number of amides is 1. The molecule has 0 heterocycles. The molecular formula is C21H16F3NO3. The molecule has 1 amide bonds. The topological polar surface area (TPSA) is 66.4 Å². The van der Waals surface area contributed by atoms with E-state index in [2.05, 4.69) is 5.32 Å². The highest BCUT2D eigenvalue weighted by molar-refractivity contribution is 6.00. The minimum absolute atomic E-state index is 0.132. The number of carbonyl (C=O) groups excluding carboxylic acids is 1. The molecule has 0 aliphatic rings. The summed E-state index contributed by atoms with van der Waals surface area (Å²) in [7, 11) is 0. The van der Waals surface area contributed by atoms with E-state index in [1.807, 2.05) is 24.3 Å². The van der Waals surface area contributed by atoms with Crippen LogP contribution >= 0.6 is 0 Å². The van der Waals surface area contributed by atoms with Crippen molar-refractivity contribution in [3.05, 3.63) is 83.4 Å². The van der Waals surface area contributed by atoms with Crippen LogP contribution < -0.4 is 5.32 Å². The summed E-state index contributed by atoms with van der Waals surface area (Å²) in [6.45, 7) is 0. The van der Waals surface area contributed by atoms with E-state index < -0.39 is 29.7 Å². The molecule has 3 rings (SSSR count). The van der Waals surface area contributed by atoms with Crippen LogP contribution in [0.2, 0.25) is 0 Å². The fourth-order valence-corrected chi connectivity index (χ4v) is 2.84. The van der Waals surface area contributed by atoms with Crippen LogP contribution in [0.1, 0.15) is 21.5 Å². The van der Waals surface area contributed by atoms with Gasteiger partial charge in [-0.3, -0.25) is 4.79 Å². The van der Waals surface area contributed by atoms with Gasteiger partial charge in [0, 0.05) is 12.0 Å². The number of rotatable bonds is 5. The third-order valence-corrected chi connectivity index (χ3v) is 4.34. The van der Waals surface area contributed by atoms with E-state index in [9.17, 15) is 27.9 Å². The molecule has 0 aliphatic carbocycles. The molecule has 7 heteroatoms. The molecule has 3 aromatic carbocycles.